The second kappa shape index (κ2) is 6.41. The molecule has 7 heteroatoms. The van der Waals surface area contributed by atoms with Crippen LogP contribution in [0, 0.1) is 6.92 Å². The summed E-state index contributed by atoms with van der Waals surface area (Å²) in [5.74, 6) is -0.137. The number of benzene rings is 1. The molecule has 2 rings (SSSR count). The Morgan fingerprint density at radius 3 is 2.85 bits per heavy atom. The standard InChI is InChI=1S/C13H14BrN3O2S/c1-3-17-12(9-6-4-5-8(2)11(9)14)15-16-13(17)20-7-10(18)19/h4-6H,3,7H2,1-2H3,(H,18,19). The first-order valence-electron chi connectivity index (χ1n) is 6.07. The number of carboxylic acids is 1. The summed E-state index contributed by atoms with van der Waals surface area (Å²) in [4.78, 5) is 10.7. The fourth-order valence-corrected chi connectivity index (χ4v) is 2.99. The van der Waals surface area contributed by atoms with Gasteiger partial charge in [0, 0.05) is 16.6 Å². The molecule has 5 nitrogen and oxygen atoms in total. The summed E-state index contributed by atoms with van der Waals surface area (Å²) in [6.07, 6.45) is 0. The van der Waals surface area contributed by atoms with Crippen LogP contribution in [0.3, 0.4) is 0 Å². The van der Waals surface area contributed by atoms with Crippen molar-refractivity contribution in [2.75, 3.05) is 5.75 Å². The van der Waals surface area contributed by atoms with Crippen LogP contribution in [-0.4, -0.2) is 31.6 Å². The molecule has 0 radical (unpaired) electrons. The summed E-state index contributed by atoms with van der Waals surface area (Å²) in [6, 6.07) is 5.95. The molecule has 0 aliphatic carbocycles. The van der Waals surface area contributed by atoms with Crippen LogP contribution in [0.2, 0.25) is 0 Å². The first kappa shape index (κ1) is 15.1. The highest BCUT2D eigenvalue weighted by atomic mass is 79.9. The lowest BCUT2D eigenvalue weighted by molar-refractivity contribution is -0.133. The molecular weight excluding hydrogens is 342 g/mol. The van der Waals surface area contributed by atoms with E-state index >= 15 is 0 Å². The van der Waals surface area contributed by atoms with Gasteiger partial charge in [0.25, 0.3) is 0 Å². The number of thioether (sulfide) groups is 1. The quantitative estimate of drug-likeness (QED) is 0.834. The van der Waals surface area contributed by atoms with Gasteiger partial charge in [0.1, 0.15) is 0 Å². The van der Waals surface area contributed by atoms with Crippen molar-refractivity contribution in [2.45, 2.75) is 25.5 Å². The minimum atomic E-state index is -0.862. The fraction of sp³-hybridized carbons (Fsp3) is 0.308. The van der Waals surface area contributed by atoms with Gasteiger partial charge in [-0.1, -0.05) is 30.0 Å². The smallest absolute Gasteiger partial charge is 0.313 e. The SMILES string of the molecule is CCn1c(SCC(=O)O)nnc1-c1cccc(C)c1Br. The number of hydrogen-bond acceptors (Lipinski definition) is 4. The van der Waals surface area contributed by atoms with Crippen molar-refractivity contribution in [3.05, 3.63) is 28.2 Å². The topological polar surface area (TPSA) is 68.0 Å². The third-order valence-corrected chi connectivity index (χ3v) is 4.79. The second-order valence-corrected chi connectivity index (χ2v) is 5.90. The maximum Gasteiger partial charge on any atom is 0.313 e. The van der Waals surface area contributed by atoms with Crippen LogP contribution in [0.25, 0.3) is 11.4 Å². The number of carboxylic acid groups (broad SMARTS) is 1. The number of hydrogen-bond donors (Lipinski definition) is 1. The van der Waals surface area contributed by atoms with Crippen LogP contribution < -0.4 is 0 Å². The zero-order valence-electron chi connectivity index (χ0n) is 11.1. The summed E-state index contributed by atoms with van der Waals surface area (Å²) in [5.41, 5.74) is 2.08. The van der Waals surface area contributed by atoms with Gasteiger partial charge in [0.2, 0.25) is 0 Å². The zero-order chi connectivity index (χ0) is 14.7. The third kappa shape index (κ3) is 3.04. The van der Waals surface area contributed by atoms with Gasteiger partial charge in [-0.3, -0.25) is 4.79 Å². The first-order valence-corrected chi connectivity index (χ1v) is 7.85. The molecule has 1 aromatic carbocycles. The molecule has 0 spiro atoms. The average molecular weight is 356 g/mol. The van der Waals surface area contributed by atoms with Gasteiger partial charge in [-0.2, -0.15) is 0 Å². The monoisotopic (exact) mass is 355 g/mol. The van der Waals surface area contributed by atoms with Crippen LogP contribution in [-0.2, 0) is 11.3 Å². The van der Waals surface area contributed by atoms with E-state index in [0.717, 1.165) is 21.4 Å². The number of carbonyl (C=O) groups is 1. The molecule has 1 heterocycles. The van der Waals surface area contributed by atoms with Crippen LogP contribution in [0.4, 0.5) is 0 Å². The largest absolute Gasteiger partial charge is 0.481 e. The van der Waals surface area contributed by atoms with Crippen molar-refractivity contribution >= 4 is 33.7 Å². The maximum absolute atomic E-state index is 10.7. The zero-order valence-corrected chi connectivity index (χ0v) is 13.5. The van der Waals surface area contributed by atoms with Crippen LogP contribution in [0.1, 0.15) is 12.5 Å². The summed E-state index contributed by atoms with van der Waals surface area (Å²) in [6.45, 7) is 4.69. The number of aromatic nitrogens is 3. The molecule has 0 bridgehead atoms. The fourth-order valence-electron chi connectivity index (χ4n) is 1.83. The number of aliphatic carboxylic acids is 1. The van der Waals surface area contributed by atoms with Crippen molar-refractivity contribution in [2.24, 2.45) is 0 Å². The normalized spacial score (nSPS) is 10.8. The highest BCUT2D eigenvalue weighted by Gasteiger charge is 2.16. The van der Waals surface area contributed by atoms with E-state index in [1.165, 1.54) is 11.8 Å². The van der Waals surface area contributed by atoms with Gasteiger partial charge >= 0.3 is 5.97 Å². The number of halogens is 1. The molecule has 1 aromatic heterocycles. The minimum absolute atomic E-state index is 0.0207. The lowest BCUT2D eigenvalue weighted by Gasteiger charge is -2.09. The minimum Gasteiger partial charge on any atom is -0.481 e. The molecule has 20 heavy (non-hydrogen) atoms. The van der Waals surface area contributed by atoms with Crippen LogP contribution in [0.15, 0.2) is 27.8 Å². The molecule has 0 unspecified atom stereocenters. The Hall–Kier alpha value is -1.34. The summed E-state index contributed by atoms with van der Waals surface area (Å²) in [7, 11) is 0. The van der Waals surface area contributed by atoms with E-state index in [0.29, 0.717) is 11.7 Å². The summed E-state index contributed by atoms with van der Waals surface area (Å²) in [5, 5.41) is 17.7. The second-order valence-electron chi connectivity index (χ2n) is 4.17. The predicted molar refractivity (Wildman–Crippen MR) is 81.9 cm³/mol. The van der Waals surface area contributed by atoms with E-state index < -0.39 is 5.97 Å². The highest BCUT2D eigenvalue weighted by Crippen LogP contribution is 2.31. The number of rotatable bonds is 5. The lowest BCUT2D eigenvalue weighted by Crippen LogP contribution is -2.03. The van der Waals surface area contributed by atoms with Crippen molar-refractivity contribution in [1.29, 1.82) is 0 Å². The molecule has 0 saturated heterocycles. The lowest BCUT2D eigenvalue weighted by atomic mass is 10.1. The molecule has 0 amide bonds. The number of aryl methyl sites for hydroxylation is 1. The van der Waals surface area contributed by atoms with Crippen molar-refractivity contribution in [3.63, 3.8) is 0 Å². The van der Waals surface area contributed by atoms with Crippen LogP contribution >= 0.6 is 27.7 Å². The Kier molecular flexibility index (Phi) is 4.82. The van der Waals surface area contributed by atoms with Gasteiger partial charge < -0.3 is 9.67 Å². The van der Waals surface area contributed by atoms with Gasteiger partial charge in [-0.05, 0) is 35.3 Å². The third-order valence-electron chi connectivity index (χ3n) is 2.79. The van der Waals surface area contributed by atoms with Gasteiger partial charge in [-0.15, -0.1) is 10.2 Å². The molecule has 0 atom stereocenters. The van der Waals surface area contributed by atoms with E-state index in [1.807, 2.05) is 36.6 Å². The summed E-state index contributed by atoms with van der Waals surface area (Å²) < 4.78 is 2.91. The van der Waals surface area contributed by atoms with E-state index in [1.54, 1.807) is 0 Å². The molecule has 0 aliphatic rings. The van der Waals surface area contributed by atoms with Crippen LogP contribution in [0.5, 0.6) is 0 Å². The van der Waals surface area contributed by atoms with E-state index in [9.17, 15) is 4.79 Å². The average Bonchev–Trinajstić information content (AvgIpc) is 2.82. The molecule has 0 saturated carbocycles. The van der Waals surface area contributed by atoms with Gasteiger partial charge in [-0.25, -0.2) is 0 Å². The Morgan fingerprint density at radius 2 is 2.20 bits per heavy atom. The number of nitrogens with zero attached hydrogens (tertiary/aromatic N) is 3. The Morgan fingerprint density at radius 1 is 1.45 bits per heavy atom. The van der Waals surface area contributed by atoms with E-state index in [4.69, 9.17) is 5.11 Å². The van der Waals surface area contributed by atoms with Crippen molar-refractivity contribution < 1.29 is 9.90 Å². The molecular formula is C13H14BrN3O2S. The Bertz CT molecular complexity index is 643. The summed E-state index contributed by atoms with van der Waals surface area (Å²) >= 11 is 4.75. The Labute approximate surface area is 129 Å². The van der Waals surface area contributed by atoms with Gasteiger partial charge in [0.05, 0.1) is 5.75 Å². The molecule has 1 N–H and O–H groups in total. The molecule has 0 aliphatic heterocycles. The molecule has 106 valence electrons. The molecule has 0 fully saturated rings. The first-order chi connectivity index (χ1) is 9.54. The highest BCUT2D eigenvalue weighted by molar-refractivity contribution is 9.10. The van der Waals surface area contributed by atoms with E-state index in [2.05, 4.69) is 26.1 Å². The van der Waals surface area contributed by atoms with Gasteiger partial charge in [0.15, 0.2) is 11.0 Å². The van der Waals surface area contributed by atoms with E-state index in [-0.39, 0.29) is 5.75 Å². The Balaban J connectivity index is 2.42. The predicted octanol–water partition coefficient (Wildman–Crippen LogP) is 3.21. The van der Waals surface area contributed by atoms with Crippen molar-refractivity contribution in [3.8, 4) is 11.4 Å². The van der Waals surface area contributed by atoms with Crippen molar-refractivity contribution in [1.82, 2.24) is 14.8 Å². The molecule has 2 aromatic rings. The maximum atomic E-state index is 10.7.